The van der Waals surface area contributed by atoms with Crippen molar-refractivity contribution in [1.82, 2.24) is 20.0 Å². The molecular weight excluding hydrogens is 507 g/mol. The fraction of sp³-hybridized carbons (Fsp3) is 0.593. The van der Waals surface area contributed by atoms with Gasteiger partial charge in [0.1, 0.15) is 0 Å². The normalized spacial score (nSPS) is 20.7. The van der Waals surface area contributed by atoms with Crippen molar-refractivity contribution >= 4 is 19.1 Å². The Bertz CT molecular complexity index is 1080. The summed E-state index contributed by atoms with van der Waals surface area (Å²) in [6.07, 6.45) is 3.68. The van der Waals surface area contributed by atoms with Crippen molar-refractivity contribution in [3.8, 4) is 0 Å². The fourth-order valence-electron chi connectivity index (χ4n) is 5.17. The molecule has 0 spiro atoms. The predicted molar refractivity (Wildman–Crippen MR) is 145 cm³/mol. The third-order valence-corrected chi connectivity index (χ3v) is 7.50. The van der Waals surface area contributed by atoms with E-state index in [9.17, 15) is 28.4 Å². The second kappa shape index (κ2) is 12.9. The summed E-state index contributed by atoms with van der Waals surface area (Å²) < 4.78 is 27.6. The summed E-state index contributed by atoms with van der Waals surface area (Å²) in [5, 5.41) is 22.3. The highest BCUT2D eigenvalue weighted by Gasteiger charge is 2.43. The number of nitrogens with zero attached hydrogens (tertiary/aromatic N) is 4. The summed E-state index contributed by atoms with van der Waals surface area (Å²) in [6, 6.07) is 8.29. The van der Waals surface area contributed by atoms with Gasteiger partial charge in [0, 0.05) is 44.7 Å². The summed E-state index contributed by atoms with van der Waals surface area (Å²) in [7, 11) is -0.196. The molecule has 0 saturated carbocycles. The van der Waals surface area contributed by atoms with Gasteiger partial charge in [-0.3, -0.25) is 9.69 Å². The quantitative estimate of drug-likeness (QED) is 0.252. The number of carbonyl (C=O) groups is 2. The summed E-state index contributed by atoms with van der Waals surface area (Å²) in [5.41, 5.74) is -0.196. The SMILES string of the molecule is [C-]#[N+]C(=CC(C)(C)N1CCC(F)(F)C1)C(=O)N1CCCC[C@@H]1CN(C)C(=O)N[C@@H](Cc1ccccc1)B(O)O. The molecule has 0 unspecified atom stereocenters. The average molecular weight is 545 g/mol. The standard InChI is InChI=1S/C27H38BF2N5O4/c1-26(2,34-15-13-27(29,30)19-34)17-22(31-3)24(36)35-14-9-8-12-21(35)18-33(4)25(37)32-23(28(38)39)16-20-10-6-5-7-11-20/h5-7,10-11,17,21,23,38-39H,8-9,12-16,18-19H2,1-2,4H3,(H,32,37)/t21-,23+/m1/s1. The van der Waals surface area contributed by atoms with E-state index in [4.69, 9.17) is 6.57 Å². The molecule has 3 N–H and O–H groups in total. The first-order valence-electron chi connectivity index (χ1n) is 13.3. The molecule has 0 aliphatic carbocycles. The molecule has 0 aromatic heterocycles. The third-order valence-electron chi connectivity index (χ3n) is 7.50. The molecule has 1 aromatic rings. The van der Waals surface area contributed by atoms with E-state index < -0.39 is 43.0 Å². The Morgan fingerprint density at radius 2 is 1.97 bits per heavy atom. The molecule has 1 aromatic carbocycles. The van der Waals surface area contributed by atoms with Crippen LogP contribution < -0.4 is 5.32 Å². The molecule has 12 heteroatoms. The summed E-state index contributed by atoms with van der Waals surface area (Å²) >= 11 is 0. The lowest BCUT2D eigenvalue weighted by atomic mass is 9.76. The monoisotopic (exact) mass is 545 g/mol. The van der Waals surface area contributed by atoms with Crippen LogP contribution in [0, 0.1) is 6.57 Å². The van der Waals surface area contributed by atoms with Crippen molar-refractivity contribution in [2.45, 2.75) is 69.4 Å². The van der Waals surface area contributed by atoms with Gasteiger partial charge in [0.25, 0.3) is 11.8 Å². The number of alkyl halides is 2. The van der Waals surface area contributed by atoms with Crippen LogP contribution in [0.1, 0.15) is 45.1 Å². The summed E-state index contributed by atoms with van der Waals surface area (Å²) in [4.78, 5) is 34.4. The highest BCUT2D eigenvalue weighted by atomic mass is 19.3. The molecule has 2 saturated heterocycles. The van der Waals surface area contributed by atoms with E-state index in [0.717, 1.165) is 18.4 Å². The highest BCUT2D eigenvalue weighted by molar-refractivity contribution is 6.43. The van der Waals surface area contributed by atoms with Crippen LogP contribution >= 0.6 is 0 Å². The van der Waals surface area contributed by atoms with Gasteiger partial charge in [0.2, 0.25) is 5.70 Å². The third kappa shape index (κ3) is 8.24. The molecule has 2 fully saturated rings. The smallest absolute Gasteiger partial charge is 0.426 e. The Hall–Kier alpha value is -3.01. The van der Waals surface area contributed by atoms with Gasteiger partial charge in [0.05, 0.1) is 19.1 Å². The first-order chi connectivity index (χ1) is 18.3. The van der Waals surface area contributed by atoms with E-state index in [0.29, 0.717) is 13.0 Å². The van der Waals surface area contributed by atoms with Gasteiger partial charge >= 0.3 is 13.1 Å². The van der Waals surface area contributed by atoms with Gasteiger partial charge in [-0.15, -0.1) is 0 Å². The topological polar surface area (TPSA) is 101 Å². The maximum atomic E-state index is 13.8. The Morgan fingerprint density at radius 1 is 1.28 bits per heavy atom. The maximum Gasteiger partial charge on any atom is 0.475 e. The Balaban J connectivity index is 1.68. The zero-order chi connectivity index (χ0) is 28.8. The number of urea groups is 1. The molecule has 0 radical (unpaired) electrons. The van der Waals surface area contributed by atoms with Crippen molar-refractivity contribution in [1.29, 1.82) is 0 Å². The Kier molecular flexibility index (Phi) is 10.1. The largest absolute Gasteiger partial charge is 0.475 e. The Morgan fingerprint density at radius 3 is 2.56 bits per heavy atom. The van der Waals surface area contributed by atoms with Crippen molar-refractivity contribution in [3.63, 3.8) is 0 Å². The number of likely N-dealkylation sites (N-methyl/N-ethyl adjacent to an activating group) is 1. The van der Waals surface area contributed by atoms with Gasteiger partial charge in [-0.05, 0) is 45.1 Å². The molecule has 2 aliphatic heterocycles. The van der Waals surface area contributed by atoms with Gasteiger partial charge in [-0.1, -0.05) is 36.4 Å². The first-order valence-corrected chi connectivity index (χ1v) is 13.3. The summed E-state index contributed by atoms with van der Waals surface area (Å²) in [6.45, 7) is 11.4. The number of amides is 3. The second-order valence-corrected chi connectivity index (χ2v) is 11.0. The van der Waals surface area contributed by atoms with E-state index >= 15 is 0 Å². The number of benzene rings is 1. The van der Waals surface area contributed by atoms with Crippen LogP contribution in [0.3, 0.4) is 0 Å². The summed E-state index contributed by atoms with van der Waals surface area (Å²) in [5.74, 6) is -4.19. The minimum atomic E-state index is -2.79. The molecule has 2 aliphatic rings. The lowest BCUT2D eigenvalue weighted by Gasteiger charge is -2.39. The minimum Gasteiger partial charge on any atom is -0.426 e. The van der Waals surface area contributed by atoms with Gasteiger partial charge in [0.15, 0.2) is 0 Å². The van der Waals surface area contributed by atoms with Crippen molar-refractivity contribution in [3.05, 3.63) is 59.1 Å². The molecule has 3 rings (SSSR count). The van der Waals surface area contributed by atoms with Crippen LogP contribution in [0.2, 0.25) is 0 Å². The number of hydrogen-bond donors (Lipinski definition) is 3. The van der Waals surface area contributed by atoms with Crippen LogP contribution in [-0.4, -0.2) is 100 Å². The molecule has 2 atom stereocenters. The van der Waals surface area contributed by atoms with E-state index in [1.807, 2.05) is 30.3 Å². The molecule has 39 heavy (non-hydrogen) atoms. The van der Waals surface area contributed by atoms with Gasteiger partial charge in [-0.25, -0.2) is 18.4 Å². The molecule has 2 heterocycles. The van der Waals surface area contributed by atoms with Crippen LogP contribution in [0.25, 0.3) is 4.85 Å². The second-order valence-electron chi connectivity index (χ2n) is 11.0. The molecular formula is C27H38BF2N5O4. The van der Waals surface area contributed by atoms with Crippen molar-refractivity contribution in [2.75, 3.05) is 33.2 Å². The Labute approximate surface area is 229 Å². The number of rotatable bonds is 9. The van der Waals surface area contributed by atoms with E-state index in [1.165, 1.54) is 11.0 Å². The number of halogens is 2. The predicted octanol–water partition coefficient (Wildman–Crippen LogP) is 2.55. The van der Waals surface area contributed by atoms with E-state index in [-0.39, 0.29) is 37.7 Å². The molecule has 0 bridgehead atoms. The fourth-order valence-corrected chi connectivity index (χ4v) is 5.17. The van der Waals surface area contributed by atoms with Gasteiger partial charge < -0.3 is 25.2 Å². The van der Waals surface area contributed by atoms with Crippen LogP contribution in [0.5, 0.6) is 0 Å². The first kappa shape index (κ1) is 30.5. The number of likely N-dealkylation sites (tertiary alicyclic amines) is 2. The van der Waals surface area contributed by atoms with Crippen molar-refractivity contribution < 1.29 is 28.4 Å². The van der Waals surface area contributed by atoms with E-state index in [1.54, 1.807) is 30.7 Å². The number of nitrogens with one attached hydrogen (secondary N) is 1. The highest BCUT2D eigenvalue weighted by Crippen LogP contribution is 2.33. The van der Waals surface area contributed by atoms with Crippen molar-refractivity contribution in [2.24, 2.45) is 0 Å². The lowest BCUT2D eigenvalue weighted by Crippen LogP contribution is -2.55. The van der Waals surface area contributed by atoms with Crippen LogP contribution in [0.4, 0.5) is 13.6 Å². The number of carbonyl (C=O) groups excluding carboxylic acids is 2. The average Bonchev–Trinajstić information content (AvgIpc) is 3.27. The molecule has 9 nitrogen and oxygen atoms in total. The number of hydrogen-bond acceptors (Lipinski definition) is 5. The molecule has 212 valence electrons. The zero-order valence-corrected chi connectivity index (χ0v) is 22.8. The zero-order valence-electron chi connectivity index (χ0n) is 22.8. The number of piperidine rings is 1. The minimum absolute atomic E-state index is 0.124. The van der Waals surface area contributed by atoms with E-state index in [2.05, 4.69) is 10.2 Å². The lowest BCUT2D eigenvalue weighted by molar-refractivity contribution is -0.130. The molecule has 3 amide bonds. The van der Waals surface area contributed by atoms with Crippen LogP contribution in [-0.2, 0) is 11.2 Å². The van der Waals surface area contributed by atoms with Crippen LogP contribution in [0.15, 0.2) is 42.1 Å². The maximum absolute atomic E-state index is 13.8. The van der Waals surface area contributed by atoms with Gasteiger partial charge in [-0.2, -0.15) is 0 Å².